The lowest BCUT2D eigenvalue weighted by Crippen LogP contribution is -2.43. The van der Waals surface area contributed by atoms with Crippen molar-refractivity contribution in [3.63, 3.8) is 0 Å². The van der Waals surface area contributed by atoms with Crippen molar-refractivity contribution >= 4 is 5.91 Å². The van der Waals surface area contributed by atoms with Crippen LogP contribution in [-0.2, 0) is 4.79 Å². The minimum Gasteiger partial charge on any atom is -0.290 e. The van der Waals surface area contributed by atoms with E-state index in [9.17, 15) is 4.79 Å². The highest BCUT2D eigenvalue weighted by molar-refractivity contribution is 5.81. The predicted molar refractivity (Wildman–Crippen MR) is 62.4 cm³/mol. The lowest BCUT2D eigenvalue weighted by molar-refractivity contribution is -0.139. The molecule has 0 radical (unpaired) electrons. The minimum atomic E-state index is -0.180. The highest BCUT2D eigenvalue weighted by Gasteiger charge is 2.58. The number of amides is 1. The molecule has 16 heavy (non-hydrogen) atoms. The molecule has 1 saturated carbocycles. The normalized spacial score (nSPS) is 34.2. The summed E-state index contributed by atoms with van der Waals surface area (Å²) in [6.45, 7) is 15.4. The van der Waals surface area contributed by atoms with E-state index in [4.69, 9.17) is 6.57 Å². The molecule has 0 bridgehead atoms. The molecule has 1 aliphatic heterocycles. The van der Waals surface area contributed by atoms with E-state index in [0.717, 1.165) is 12.8 Å². The van der Waals surface area contributed by atoms with Crippen molar-refractivity contribution in [1.29, 1.82) is 0 Å². The Hall–Kier alpha value is -1.04. The first-order chi connectivity index (χ1) is 7.36. The van der Waals surface area contributed by atoms with Crippen LogP contribution in [0.5, 0.6) is 0 Å². The molecule has 1 saturated heterocycles. The molecule has 0 spiro atoms. The molecule has 88 valence electrons. The van der Waals surface area contributed by atoms with Gasteiger partial charge in [-0.15, -0.1) is 0 Å². The topological polar surface area (TPSA) is 24.7 Å². The maximum absolute atomic E-state index is 12.4. The Labute approximate surface area is 97.6 Å². The summed E-state index contributed by atoms with van der Waals surface area (Å²) < 4.78 is 0. The second-order valence-electron chi connectivity index (χ2n) is 6.24. The number of carbonyl (C=O) groups is 1. The summed E-state index contributed by atoms with van der Waals surface area (Å²) in [4.78, 5) is 17.8. The zero-order chi connectivity index (χ0) is 12.1. The molecular weight excluding hydrogens is 200 g/mol. The maximum Gasteiger partial charge on any atom is 0.301 e. The standard InChI is InChI=1S/C13H20N2O/c1-8(13(2,3)4)12(16)15-10-6-9(10)7-11(15)14-5/h8-11H,6-7H2,1-4H3/t8-,9?,10?,11?/m1/s1. The van der Waals surface area contributed by atoms with Crippen LogP contribution in [0.3, 0.4) is 0 Å². The van der Waals surface area contributed by atoms with E-state index >= 15 is 0 Å². The summed E-state index contributed by atoms with van der Waals surface area (Å²) in [5, 5.41) is 0. The predicted octanol–water partition coefficient (Wildman–Crippen LogP) is 2.53. The first kappa shape index (κ1) is 11.4. The van der Waals surface area contributed by atoms with Gasteiger partial charge in [0.1, 0.15) is 0 Å². The van der Waals surface area contributed by atoms with Gasteiger partial charge in [0, 0.05) is 18.4 Å². The van der Waals surface area contributed by atoms with Crippen molar-refractivity contribution in [3.05, 3.63) is 11.4 Å². The zero-order valence-electron chi connectivity index (χ0n) is 10.5. The molecule has 3 nitrogen and oxygen atoms in total. The Morgan fingerprint density at radius 1 is 1.44 bits per heavy atom. The molecule has 3 heteroatoms. The van der Waals surface area contributed by atoms with Crippen molar-refractivity contribution in [3.8, 4) is 0 Å². The van der Waals surface area contributed by atoms with Gasteiger partial charge >= 0.3 is 6.17 Å². The summed E-state index contributed by atoms with van der Waals surface area (Å²) in [6, 6.07) is 0.386. The molecular formula is C13H20N2O. The molecule has 0 aromatic carbocycles. The van der Waals surface area contributed by atoms with Crippen LogP contribution < -0.4 is 0 Å². The minimum absolute atomic E-state index is 0.00361. The van der Waals surface area contributed by atoms with E-state index < -0.39 is 0 Å². The number of nitrogens with zero attached hydrogens (tertiary/aromatic N) is 2. The van der Waals surface area contributed by atoms with Crippen LogP contribution in [-0.4, -0.2) is 23.0 Å². The molecule has 2 fully saturated rings. The zero-order valence-corrected chi connectivity index (χ0v) is 10.5. The number of hydrogen-bond donors (Lipinski definition) is 0. The van der Waals surface area contributed by atoms with Gasteiger partial charge in [0.05, 0.1) is 0 Å². The Balaban J connectivity index is 2.13. The second kappa shape index (κ2) is 3.48. The third-order valence-electron chi connectivity index (χ3n) is 4.15. The van der Waals surface area contributed by atoms with Crippen LogP contribution in [0.25, 0.3) is 4.85 Å². The van der Waals surface area contributed by atoms with Crippen LogP contribution in [0.4, 0.5) is 0 Å². The number of piperidine rings is 1. The van der Waals surface area contributed by atoms with Gasteiger partial charge in [-0.3, -0.25) is 14.5 Å². The fraction of sp³-hybridized carbons (Fsp3) is 0.846. The SMILES string of the molecule is [C-]#[N+]C1CC2CC2N1C(=O)[C@@H](C)C(C)(C)C. The van der Waals surface area contributed by atoms with Gasteiger partial charge in [0.15, 0.2) is 0 Å². The summed E-state index contributed by atoms with van der Waals surface area (Å²) in [7, 11) is 0. The van der Waals surface area contributed by atoms with Gasteiger partial charge in [0.2, 0.25) is 5.91 Å². The van der Waals surface area contributed by atoms with Crippen LogP contribution in [0.2, 0.25) is 0 Å². The fourth-order valence-electron chi connectivity index (χ4n) is 2.45. The van der Waals surface area contributed by atoms with Crippen molar-refractivity contribution < 1.29 is 4.79 Å². The monoisotopic (exact) mass is 220 g/mol. The Kier molecular flexibility index (Phi) is 2.49. The highest BCUT2D eigenvalue weighted by Crippen LogP contribution is 2.49. The van der Waals surface area contributed by atoms with Gasteiger partial charge in [0.25, 0.3) is 0 Å². The highest BCUT2D eigenvalue weighted by atomic mass is 16.2. The second-order valence-corrected chi connectivity index (χ2v) is 6.24. The number of fused-ring (bicyclic) bond motifs is 1. The molecule has 3 unspecified atom stereocenters. The Bertz CT molecular complexity index is 350. The molecule has 0 aromatic heterocycles. The van der Waals surface area contributed by atoms with Crippen LogP contribution >= 0.6 is 0 Å². The summed E-state index contributed by atoms with van der Waals surface area (Å²) >= 11 is 0. The van der Waals surface area contributed by atoms with Gasteiger partial charge < -0.3 is 0 Å². The van der Waals surface area contributed by atoms with E-state index in [1.165, 1.54) is 0 Å². The first-order valence-electron chi connectivity index (χ1n) is 6.05. The molecule has 4 atom stereocenters. The van der Waals surface area contributed by atoms with E-state index in [1.807, 2.05) is 11.8 Å². The third kappa shape index (κ3) is 1.71. The van der Waals surface area contributed by atoms with E-state index in [-0.39, 0.29) is 23.4 Å². The smallest absolute Gasteiger partial charge is 0.290 e. The quantitative estimate of drug-likeness (QED) is 0.623. The van der Waals surface area contributed by atoms with E-state index in [2.05, 4.69) is 25.6 Å². The summed E-state index contributed by atoms with van der Waals surface area (Å²) in [5.74, 6) is 0.796. The maximum atomic E-state index is 12.4. The van der Waals surface area contributed by atoms with Crippen molar-refractivity contribution in [2.45, 2.75) is 52.7 Å². The number of carbonyl (C=O) groups excluding carboxylic acids is 1. The molecule has 0 N–H and O–H groups in total. The average Bonchev–Trinajstić information content (AvgIpc) is 2.86. The van der Waals surface area contributed by atoms with Crippen LogP contribution in [0.1, 0.15) is 40.5 Å². The van der Waals surface area contributed by atoms with Crippen molar-refractivity contribution in [2.75, 3.05) is 0 Å². The summed E-state index contributed by atoms with van der Waals surface area (Å²) in [5.41, 5.74) is -0.0172. The van der Waals surface area contributed by atoms with Crippen molar-refractivity contribution in [2.24, 2.45) is 17.3 Å². The van der Waals surface area contributed by atoms with Gasteiger partial charge in [-0.1, -0.05) is 27.7 Å². The van der Waals surface area contributed by atoms with Crippen LogP contribution in [0.15, 0.2) is 0 Å². The number of likely N-dealkylation sites (tertiary alicyclic amines) is 1. The third-order valence-corrected chi connectivity index (χ3v) is 4.15. The molecule has 0 aromatic rings. The van der Waals surface area contributed by atoms with E-state index in [0.29, 0.717) is 12.0 Å². The molecule has 1 heterocycles. The molecule has 2 rings (SSSR count). The average molecular weight is 220 g/mol. The van der Waals surface area contributed by atoms with Gasteiger partial charge in [-0.2, -0.15) is 0 Å². The lowest BCUT2D eigenvalue weighted by Gasteiger charge is -2.30. The number of hydrogen-bond acceptors (Lipinski definition) is 1. The molecule has 1 aliphatic carbocycles. The van der Waals surface area contributed by atoms with Crippen LogP contribution in [0, 0.1) is 23.8 Å². The van der Waals surface area contributed by atoms with Crippen molar-refractivity contribution in [1.82, 2.24) is 4.90 Å². The lowest BCUT2D eigenvalue weighted by atomic mass is 9.81. The molecule has 1 amide bonds. The van der Waals surface area contributed by atoms with E-state index in [1.54, 1.807) is 0 Å². The summed E-state index contributed by atoms with van der Waals surface area (Å²) in [6.07, 6.45) is 1.84. The Morgan fingerprint density at radius 3 is 2.56 bits per heavy atom. The van der Waals surface area contributed by atoms with Gasteiger partial charge in [-0.25, -0.2) is 6.57 Å². The Morgan fingerprint density at radius 2 is 2.06 bits per heavy atom. The number of rotatable bonds is 1. The largest absolute Gasteiger partial charge is 0.301 e. The van der Waals surface area contributed by atoms with Gasteiger partial charge in [-0.05, 0) is 17.8 Å². The molecule has 2 aliphatic rings. The fourth-order valence-corrected chi connectivity index (χ4v) is 2.45. The first-order valence-corrected chi connectivity index (χ1v) is 6.05.